The van der Waals surface area contributed by atoms with Crippen molar-refractivity contribution in [2.24, 2.45) is 0 Å². The van der Waals surface area contributed by atoms with Crippen LogP contribution in [0.5, 0.6) is 5.75 Å². The van der Waals surface area contributed by atoms with E-state index in [1.54, 1.807) is 29.3 Å². The van der Waals surface area contributed by atoms with Gasteiger partial charge in [0.15, 0.2) is 0 Å². The molecule has 156 valence electrons. The van der Waals surface area contributed by atoms with Gasteiger partial charge in [0.2, 0.25) is 0 Å². The molecule has 2 heterocycles. The summed E-state index contributed by atoms with van der Waals surface area (Å²) in [6.07, 6.45) is 1.92. The van der Waals surface area contributed by atoms with Crippen molar-refractivity contribution in [2.45, 2.75) is 38.8 Å². The quantitative estimate of drug-likeness (QED) is 0.707. The summed E-state index contributed by atoms with van der Waals surface area (Å²) < 4.78 is 12.3. The summed E-state index contributed by atoms with van der Waals surface area (Å²) in [5.41, 5.74) is -0.160. The fraction of sp³-hybridized carbons (Fsp3) is 0.450. The molecule has 0 radical (unpaired) electrons. The molecule has 1 saturated heterocycles. The van der Waals surface area contributed by atoms with Gasteiger partial charge in [-0.05, 0) is 45.4 Å². The van der Waals surface area contributed by atoms with Crippen LogP contribution in [0.4, 0.5) is 4.79 Å². The number of ether oxygens (including phenoxy) is 2. The molecule has 29 heavy (non-hydrogen) atoms. The highest BCUT2D eigenvalue weighted by molar-refractivity contribution is 6.44. The summed E-state index contributed by atoms with van der Waals surface area (Å²) in [5, 5.41) is 0.616. The van der Waals surface area contributed by atoms with E-state index in [2.05, 4.69) is 4.98 Å². The predicted octanol–water partition coefficient (Wildman–Crippen LogP) is 4.41. The monoisotopic (exact) mass is 439 g/mol. The van der Waals surface area contributed by atoms with Crippen molar-refractivity contribution in [3.63, 3.8) is 0 Å². The average Bonchev–Trinajstić information content (AvgIpc) is 3.12. The lowest BCUT2D eigenvalue weighted by Gasteiger charge is -2.24. The molecular formula is C20H23Cl2N3O4. The highest BCUT2D eigenvalue weighted by atomic mass is 35.5. The van der Waals surface area contributed by atoms with Crippen molar-refractivity contribution >= 4 is 29.3 Å². The Labute approximate surface area is 179 Å². The molecule has 0 aliphatic carbocycles. The minimum absolute atomic E-state index is 0.173. The highest BCUT2D eigenvalue weighted by Crippen LogP contribution is 2.39. The van der Waals surface area contributed by atoms with E-state index in [9.17, 15) is 9.59 Å². The molecule has 1 fully saturated rings. The van der Waals surface area contributed by atoms with Gasteiger partial charge in [-0.1, -0.05) is 23.2 Å². The second-order valence-corrected chi connectivity index (χ2v) is 8.60. The topological polar surface area (TPSA) is 73.7 Å². The zero-order valence-corrected chi connectivity index (χ0v) is 18.3. The Bertz CT molecular complexity index is 985. The first-order valence-electron chi connectivity index (χ1n) is 9.20. The molecule has 1 unspecified atom stereocenters. The Hall–Kier alpha value is -2.25. The SMILES string of the molecule is COc1ccc(Cl)c(Cl)c1-c1ccn(C2CCN(C(=O)OC(C)(C)C)C2)c(=O)n1. The molecule has 1 amide bonds. The molecule has 0 spiro atoms. The van der Waals surface area contributed by atoms with Gasteiger partial charge in [0.25, 0.3) is 0 Å². The molecular weight excluding hydrogens is 417 g/mol. The second kappa shape index (κ2) is 8.24. The van der Waals surface area contributed by atoms with Crippen LogP contribution in [0.15, 0.2) is 29.2 Å². The molecule has 0 bridgehead atoms. The van der Waals surface area contributed by atoms with Gasteiger partial charge in [0.1, 0.15) is 11.4 Å². The van der Waals surface area contributed by atoms with Crippen LogP contribution in [0.25, 0.3) is 11.3 Å². The predicted molar refractivity (Wildman–Crippen MR) is 112 cm³/mol. The van der Waals surface area contributed by atoms with Crippen LogP contribution in [-0.4, -0.2) is 46.3 Å². The van der Waals surface area contributed by atoms with Gasteiger partial charge < -0.3 is 14.4 Å². The number of rotatable bonds is 3. The first-order chi connectivity index (χ1) is 13.6. The van der Waals surface area contributed by atoms with Crippen LogP contribution >= 0.6 is 23.2 Å². The number of amides is 1. The lowest BCUT2D eigenvalue weighted by molar-refractivity contribution is 0.0288. The molecule has 1 aromatic carbocycles. The smallest absolute Gasteiger partial charge is 0.410 e. The number of carbonyl (C=O) groups is 1. The first-order valence-corrected chi connectivity index (χ1v) is 9.96. The van der Waals surface area contributed by atoms with E-state index in [1.807, 2.05) is 20.8 Å². The van der Waals surface area contributed by atoms with Crippen LogP contribution < -0.4 is 10.4 Å². The zero-order chi connectivity index (χ0) is 21.3. The van der Waals surface area contributed by atoms with E-state index < -0.39 is 11.3 Å². The standard InChI is InChI=1S/C20H23Cl2N3O4/c1-20(2,3)29-19(27)24-9-7-12(11-24)25-10-8-14(23-18(25)26)16-15(28-4)6-5-13(21)17(16)22/h5-6,8,10,12H,7,9,11H2,1-4H3. The number of hydrogen-bond acceptors (Lipinski definition) is 5. The molecule has 1 atom stereocenters. The van der Waals surface area contributed by atoms with Gasteiger partial charge in [0, 0.05) is 19.3 Å². The third-order valence-electron chi connectivity index (χ3n) is 4.57. The van der Waals surface area contributed by atoms with Crippen molar-refractivity contribution < 1.29 is 14.3 Å². The van der Waals surface area contributed by atoms with E-state index in [0.717, 1.165) is 0 Å². The van der Waals surface area contributed by atoms with Gasteiger partial charge in [-0.2, -0.15) is 4.98 Å². The lowest BCUT2D eigenvalue weighted by Crippen LogP contribution is -2.36. The van der Waals surface area contributed by atoms with Crippen LogP contribution in [0.1, 0.15) is 33.2 Å². The Balaban J connectivity index is 1.84. The number of hydrogen-bond donors (Lipinski definition) is 0. The summed E-state index contributed by atoms with van der Waals surface area (Å²) in [5.74, 6) is 0.473. The minimum Gasteiger partial charge on any atom is -0.496 e. The molecule has 9 heteroatoms. The fourth-order valence-electron chi connectivity index (χ4n) is 3.23. The molecule has 2 aromatic rings. The highest BCUT2D eigenvalue weighted by Gasteiger charge is 2.31. The van der Waals surface area contributed by atoms with Gasteiger partial charge in [-0.25, -0.2) is 9.59 Å². The second-order valence-electron chi connectivity index (χ2n) is 7.81. The van der Waals surface area contributed by atoms with Gasteiger partial charge in [-0.3, -0.25) is 4.57 Å². The van der Waals surface area contributed by atoms with Gasteiger partial charge in [0.05, 0.1) is 34.5 Å². The van der Waals surface area contributed by atoms with E-state index in [0.29, 0.717) is 41.5 Å². The van der Waals surface area contributed by atoms with Crippen molar-refractivity contribution in [3.8, 4) is 17.0 Å². The lowest BCUT2D eigenvalue weighted by atomic mass is 10.1. The molecule has 7 nitrogen and oxygen atoms in total. The number of nitrogens with zero attached hydrogens (tertiary/aromatic N) is 3. The molecule has 1 aliphatic heterocycles. The number of methoxy groups -OCH3 is 1. The number of halogens is 2. The third kappa shape index (κ3) is 4.67. The molecule has 0 N–H and O–H groups in total. The van der Waals surface area contributed by atoms with Crippen molar-refractivity contribution in [2.75, 3.05) is 20.2 Å². The van der Waals surface area contributed by atoms with Crippen molar-refractivity contribution in [1.82, 2.24) is 14.5 Å². The van der Waals surface area contributed by atoms with Crippen LogP contribution in [0.2, 0.25) is 10.0 Å². The summed E-state index contributed by atoms with van der Waals surface area (Å²) in [4.78, 5) is 30.7. The van der Waals surface area contributed by atoms with Crippen molar-refractivity contribution in [1.29, 1.82) is 0 Å². The van der Waals surface area contributed by atoms with E-state index in [1.165, 1.54) is 11.7 Å². The van der Waals surface area contributed by atoms with Crippen molar-refractivity contribution in [3.05, 3.63) is 44.9 Å². The van der Waals surface area contributed by atoms with Crippen LogP contribution in [-0.2, 0) is 4.74 Å². The number of aromatic nitrogens is 2. The zero-order valence-electron chi connectivity index (χ0n) is 16.7. The van der Waals surface area contributed by atoms with Crippen LogP contribution in [0.3, 0.4) is 0 Å². The molecule has 0 saturated carbocycles. The maximum atomic E-state index is 12.7. The number of carbonyl (C=O) groups excluding carboxylic acids is 1. The molecule has 1 aliphatic rings. The minimum atomic E-state index is -0.565. The molecule has 3 rings (SSSR count). The van der Waals surface area contributed by atoms with E-state index in [-0.39, 0.29) is 17.2 Å². The Morgan fingerprint density at radius 3 is 2.59 bits per heavy atom. The van der Waals surface area contributed by atoms with Gasteiger partial charge >= 0.3 is 11.8 Å². The average molecular weight is 440 g/mol. The maximum Gasteiger partial charge on any atom is 0.410 e. The number of likely N-dealkylation sites (tertiary alicyclic amines) is 1. The van der Waals surface area contributed by atoms with Gasteiger partial charge in [-0.15, -0.1) is 0 Å². The van der Waals surface area contributed by atoms with E-state index in [4.69, 9.17) is 32.7 Å². The number of benzene rings is 1. The summed E-state index contributed by atoms with van der Waals surface area (Å²) in [6, 6.07) is 4.81. The summed E-state index contributed by atoms with van der Waals surface area (Å²) in [7, 11) is 1.51. The Morgan fingerprint density at radius 2 is 1.97 bits per heavy atom. The summed E-state index contributed by atoms with van der Waals surface area (Å²) in [6.45, 7) is 6.36. The molecule has 1 aromatic heterocycles. The third-order valence-corrected chi connectivity index (χ3v) is 5.38. The Morgan fingerprint density at radius 1 is 1.24 bits per heavy atom. The fourth-order valence-corrected chi connectivity index (χ4v) is 3.64. The van der Waals surface area contributed by atoms with Crippen LogP contribution in [0, 0.1) is 0 Å². The van der Waals surface area contributed by atoms with E-state index >= 15 is 0 Å². The largest absolute Gasteiger partial charge is 0.496 e. The summed E-state index contributed by atoms with van der Waals surface area (Å²) >= 11 is 12.4. The normalized spacial score (nSPS) is 16.8. The maximum absolute atomic E-state index is 12.7. The Kier molecular flexibility index (Phi) is 6.10. The first kappa shape index (κ1) is 21.5.